The Morgan fingerprint density at radius 1 is 0.958 bits per heavy atom. The second kappa shape index (κ2) is 15.5. The van der Waals surface area contributed by atoms with Gasteiger partial charge in [0, 0.05) is 15.7 Å². The lowest BCUT2D eigenvalue weighted by atomic mass is 10.2. The van der Waals surface area contributed by atoms with Gasteiger partial charge in [-0.15, -0.1) is 5.10 Å². The minimum atomic E-state index is -0.305. The lowest BCUT2D eigenvalue weighted by Crippen LogP contribution is -2.28. The monoisotopic (exact) mass is 720 g/mol. The number of thioether (sulfide) groups is 1. The van der Waals surface area contributed by atoms with E-state index in [2.05, 4.69) is 31.4 Å². The van der Waals surface area contributed by atoms with Crippen LogP contribution in [-0.4, -0.2) is 34.7 Å². The molecule has 1 N–H and O–H groups in total. The molecule has 0 saturated carbocycles. The summed E-state index contributed by atoms with van der Waals surface area (Å²) in [6.07, 6.45) is 4.88. The molecule has 0 unspecified atom stereocenters. The van der Waals surface area contributed by atoms with Gasteiger partial charge in [-0.25, -0.2) is 0 Å². The molecule has 0 spiro atoms. The Labute approximate surface area is 290 Å². The highest BCUT2D eigenvalue weighted by atomic mass is 79.9. The molecule has 6 rings (SSSR count). The van der Waals surface area contributed by atoms with Gasteiger partial charge >= 0.3 is 0 Å². The van der Waals surface area contributed by atoms with Crippen molar-refractivity contribution in [2.75, 3.05) is 11.9 Å². The van der Waals surface area contributed by atoms with Crippen LogP contribution in [-0.2, 0) is 16.1 Å². The second-order valence-corrected chi connectivity index (χ2v) is 12.5. The van der Waals surface area contributed by atoms with E-state index in [1.165, 1.54) is 16.7 Å². The Kier molecular flexibility index (Phi) is 10.5. The Hall–Kier alpha value is -5.39. The summed E-state index contributed by atoms with van der Waals surface area (Å²) >= 11 is 4.69. The number of amidine groups is 1. The molecule has 1 fully saturated rings. The van der Waals surface area contributed by atoms with E-state index in [4.69, 9.17) is 13.9 Å². The highest BCUT2D eigenvalue weighted by Crippen LogP contribution is 2.36. The fourth-order valence-electron chi connectivity index (χ4n) is 4.59. The third kappa shape index (κ3) is 8.69. The fourth-order valence-corrected chi connectivity index (χ4v) is 5.89. The largest absolute Gasteiger partial charge is 0.483 e. The predicted molar refractivity (Wildman–Crippen MR) is 192 cm³/mol. The molecule has 4 aromatic carbocycles. The fraction of sp³-hybridized carbons (Fsp3) is 0.0811. The molecule has 0 aliphatic carbocycles. The second-order valence-electron chi connectivity index (χ2n) is 10.6. The maximum atomic E-state index is 13.7. The van der Waals surface area contributed by atoms with E-state index in [1.54, 1.807) is 36.8 Å². The number of furan rings is 1. The van der Waals surface area contributed by atoms with Crippen LogP contribution in [0, 0.1) is 6.92 Å². The Morgan fingerprint density at radius 2 is 1.77 bits per heavy atom. The van der Waals surface area contributed by atoms with Gasteiger partial charge in [-0.1, -0.05) is 64.0 Å². The molecule has 240 valence electrons. The number of hydrogen-bond donors (Lipinski definition) is 1. The zero-order valence-electron chi connectivity index (χ0n) is 25.7. The lowest BCUT2D eigenvalue weighted by molar-refractivity contribution is -0.122. The van der Waals surface area contributed by atoms with Crippen LogP contribution in [0.2, 0.25) is 0 Å². The number of hydrogen-bond acceptors (Lipinski definition) is 8. The number of halogens is 1. The third-order valence-corrected chi connectivity index (χ3v) is 8.41. The van der Waals surface area contributed by atoms with E-state index in [-0.39, 0.29) is 25.0 Å². The van der Waals surface area contributed by atoms with Crippen molar-refractivity contribution < 1.29 is 23.5 Å². The summed E-state index contributed by atoms with van der Waals surface area (Å²) in [6, 6.07) is 33.4. The van der Waals surface area contributed by atoms with Crippen molar-refractivity contribution >= 4 is 62.7 Å². The Morgan fingerprint density at radius 3 is 2.56 bits per heavy atom. The van der Waals surface area contributed by atoms with E-state index in [1.807, 2.05) is 97.9 Å². The summed E-state index contributed by atoms with van der Waals surface area (Å²) in [5.74, 6) is 1.85. The van der Waals surface area contributed by atoms with Gasteiger partial charge < -0.3 is 19.2 Å². The minimum absolute atomic E-state index is 0.173. The van der Waals surface area contributed by atoms with Gasteiger partial charge in [-0.2, -0.15) is 5.10 Å². The lowest BCUT2D eigenvalue weighted by Gasteiger charge is -2.13. The van der Waals surface area contributed by atoms with Crippen molar-refractivity contribution in [2.45, 2.75) is 13.5 Å². The van der Waals surface area contributed by atoms with Gasteiger partial charge in [0.05, 0.1) is 23.9 Å². The number of amides is 2. The number of nitrogens with one attached hydrogen (secondary N) is 1. The van der Waals surface area contributed by atoms with Crippen molar-refractivity contribution in [1.29, 1.82) is 0 Å². The third-order valence-electron chi connectivity index (χ3n) is 6.92. The molecule has 0 radical (unpaired) electrons. The van der Waals surface area contributed by atoms with Crippen molar-refractivity contribution in [3.05, 3.63) is 147 Å². The van der Waals surface area contributed by atoms with Crippen LogP contribution in [0.25, 0.3) is 6.08 Å². The van der Waals surface area contributed by atoms with Gasteiger partial charge in [0.1, 0.15) is 23.0 Å². The van der Waals surface area contributed by atoms with Crippen LogP contribution in [0.3, 0.4) is 0 Å². The Bertz CT molecular complexity index is 1990. The van der Waals surface area contributed by atoms with E-state index in [0.29, 0.717) is 38.6 Å². The maximum absolute atomic E-state index is 13.7. The number of ether oxygens (including phenoxy) is 2. The molecule has 9 nitrogen and oxygen atoms in total. The zero-order valence-corrected chi connectivity index (χ0v) is 28.1. The number of nitrogens with zero attached hydrogens (tertiary/aromatic N) is 3. The van der Waals surface area contributed by atoms with Crippen molar-refractivity contribution in [2.24, 2.45) is 10.2 Å². The van der Waals surface area contributed by atoms with Crippen LogP contribution < -0.4 is 14.8 Å². The highest BCUT2D eigenvalue weighted by molar-refractivity contribution is 9.10. The minimum Gasteiger partial charge on any atom is -0.483 e. The molecule has 0 atom stereocenters. The van der Waals surface area contributed by atoms with Gasteiger partial charge in [-0.05, 0) is 97.1 Å². The summed E-state index contributed by atoms with van der Waals surface area (Å²) < 4.78 is 18.1. The molecular weight excluding hydrogens is 692 g/mol. The molecule has 48 heavy (non-hydrogen) atoms. The molecule has 5 aromatic rings. The first kappa shape index (κ1) is 32.5. The summed E-state index contributed by atoms with van der Waals surface area (Å²) in [7, 11) is 0. The molecule has 1 aromatic heterocycles. The van der Waals surface area contributed by atoms with Crippen molar-refractivity contribution in [3.63, 3.8) is 0 Å². The molecule has 1 saturated heterocycles. The molecular formula is C37H29BrN4O5S. The molecule has 0 bridgehead atoms. The van der Waals surface area contributed by atoms with Gasteiger partial charge in [0.2, 0.25) is 0 Å². The number of benzene rings is 4. The number of anilines is 1. The highest BCUT2D eigenvalue weighted by Gasteiger charge is 2.34. The number of rotatable bonds is 11. The first-order valence-electron chi connectivity index (χ1n) is 14.9. The first-order valence-corrected chi connectivity index (χ1v) is 16.5. The van der Waals surface area contributed by atoms with E-state index >= 15 is 0 Å². The topological polar surface area (TPSA) is 106 Å². The Balaban J connectivity index is 1.20. The van der Waals surface area contributed by atoms with Crippen LogP contribution >= 0.6 is 27.7 Å². The molecule has 1 aliphatic rings. The van der Waals surface area contributed by atoms with Crippen LogP contribution in [0.15, 0.2) is 139 Å². The predicted octanol–water partition coefficient (Wildman–Crippen LogP) is 8.67. The smallest absolute Gasteiger partial charge is 0.267 e. The molecule has 2 amide bonds. The number of carbonyl (C=O) groups excluding carboxylic acids is 2. The zero-order chi connectivity index (χ0) is 33.3. The number of para-hydroxylation sites is 1. The number of aryl methyl sites for hydroxylation is 1. The summed E-state index contributed by atoms with van der Waals surface area (Å²) in [6.45, 7) is 1.94. The molecule has 11 heteroatoms. The van der Waals surface area contributed by atoms with E-state index < -0.39 is 0 Å². The average Bonchev–Trinajstić information content (AvgIpc) is 3.70. The first-order chi connectivity index (χ1) is 23.4. The maximum Gasteiger partial charge on any atom is 0.267 e. The van der Waals surface area contributed by atoms with Gasteiger partial charge in [0.15, 0.2) is 11.8 Å². The van der Waals surface area contributed by atoms with Crippen molar-refractivity contribution in [3.8, 4) is 17.2 Å². The van der Waals surface area contributed by atoms with Crippen LogP contribution in [0.4, 0.5) is 5.69 Å². The average molecular weight is 722 g/mol. The summed E-state index contributed by atoms with van der Waals surface area (Å²) in [5, 5.41) is 11.9. The van der Waals surface area contributed by atoms with E-state index in [0.717, 1.165) is 21.3 Å². The summed E-state index contributed by atoms with van der Waals surface area (Å²) in [5.41, 5.74) is 3.16. The summed E-state index contributed by atoms with van der Waals surface area (Å²) in [4.78, 5) is 28.2. The molecule has 1 aliphatic heterocycles. The van der Waals surface area contributed by atoms with E-state index in [9.17, 15) is 9.59 Å². The number of carbonyl (C=O) groups is 2. The SMILES string of the molecule is Cc1ccc(NC(=O)COc2ccc(Br)cc2/C=C2\S/C(=N\N=C\c3cccc(Oc4ccccc4)c3)N(Cc3ccco3)C2=O)cc1. The van der Waals surface area contributed by atoms with Gasteiger partial charge in [-0.3, -0.25) is 14.5 Å². The quantitative estimate of drug-likeness (QED) is 0.0832. The van der Waals surface area contributed by atoms with Crippen LogP contribution in [0.5, 0.6) is 17.2 Å². The van der Waals surface area contributed by atoms with Gasteiger partial charge in [0.25, 0.3) is 11.8 Å². The normalized spacial score (nSPS) is 14.6. The van der Waals surface area contributed by atoms with Crippen molar-refractivity contribution in [1.82, 2.24) is 4.90 Å². The standard InChI is InChI=1S/C37H29BrN4O5S/c1-25-12-15-29(16-13-25)40-35(43)24-46-33-17-14-28(38)20-27(33)21-34-36(44)42(23-32-11-6-18-45-32)37(48-34)41-39-22-26-7-5-10-31(19-26)47-30-8-3-2-4-9-30/h2-22H,23-24H2,1H3,(H,40,43)/b34-21-,39-22+,41-37-. The van der Waals surface area contributed by atoms with Crippen LogP contribution in [0.1, 0.15) is 22.5 Å². The molecule has 2 heterocycles.